The average molecular weight is 190 g/mol. The quantitative estimate of drug-likeness (QED) is 0.559. The molecular formula is C9H6N2O3. The highest BCUT2D eigenvalue weighted by Gasteiger charge is 2.25. The van der Waals surface area contributed by atoms with Gasteiger partial charge < -0.3 is 5.11 Å². The molecule has 1 aromatic rings. The topological polar surface area (TPSA) is 79.6 Å². The Balaban J connectivity index is 2.67. The van der Waals surface area contributed by atoms with Crippen LogP contribution in [0.5, 0.6) is 0 Å². The number of hydrogen-bond donors (Lipinski definition) is 1. The van der Waals surface area contributed by atoms with E-state index in [0.717, 1.165) is 0 Å². The number of nitrogens with zero attached hydrogens (tertiary/aromatic N) is 2. The summed E-state index contributed by atoms with van der Waals surface area (Å²) in [7, 11) is 0. The zero-order valence-electron chi connectivity index (χ0n) is 7.04. The van der Waals surface area contributed by atoms with Crippen molar-refractivity contribution in [2.45, 2.75) is 0 Å². The average Bonchev–Trinajstić information content (AvgIpc) is 2.16. The molecule has 0 aliphatic carbocycles. The largest absolute Gasteiger partial charge is 0.480 e. The van der Waals surface area contributed by atoms with E-state index in [-0.39, 0.29) is 5.49 Å². The van der Waals surface area contributed by atoms with Crippen molar-refractivity contribution in [3.63, 3.8) is 0 Å². The third kappa shape index (κ3) is 1.28. The Labute approximate surface area is 78.4 Å². The lowest BCUT2D eigenvalue weighted by Crippen LogP contribution is -2.38. The Morgan fingerprint density at radius 3 is 3.00 bits per heavy atom. The Morgan fingerprint density at radius 2 is 2.29 bits per heavy atom. The normalized spacial score (nSPS) is 19.1. The van der Waals surface area contributed by atoms with Gasteiger partial charge in [-0.3, -0.25) is 9.59 Å². The molecule has 0 saturated heterocycles. The van der Waals surface area contributed by atoms with Crippen molar-refractivity contribution in [3.05, 3.63) is 29.0 Å². The monoisotopic (exact) mass is 190 g/mol. The number of aliphatic carboxylic acids is 1. The Morgan fingerprint density at radius 1 is 1.50 bits per heavy atom. The van der Waals surface area contributed by atoms with Crippen LogP contribution in [0.1, 0.15) is 0 Å². The summed E-state index contributed by atoms with van der Waals surface area (Å²) in [6.45, 7) is 0. The molecule has 0 bridgehead atoms. The first-order valence-electron chi connectivity index (χ1n) is 3.97. The van der Waals surface area contributed by atoms with Gasteiger partial charge in [-0.25, -0.2) is 4.98 Å². The van der Waals surface area contributed by atoms with Gasteiger partial charge in [0.05, 0.1) is 0 Å². The number of carboxylic acid groups (broad SMARTS) is 1. The minimum absolute atomic E-state index is 0.287. The maximum absolute atomic E-state index is 11.2. The molecule has 2 heterocycles. The van der Waals surface area contributed by atoms with Crippen LogP contribution in [-0.2, 0) is 9.59 Å². The molecule has 1 aliphatic heterocycles. The fourth-order valence-corrected chi connectivity index (χ4v) is 1.23. The molecule has 5 nitrogen and oxygen atoms in total. The summed E-state index contributed by atoms with van der Waals surface area (Å²) in [6, 6.07) is 3.34. The molecule has 1 amide bonds. The zero-order valence-corrected chi connectivity index (χ0v) is 7.04. The first-order valence-corrected chi connectivity index (χ1v) is 3.97. The fraction of sp³-hybridized carbons (Fsp3) is 0.111. The summed E-state index contributed by atoms with van der Waals surface area (Å²) < 4.78 is 0. The first kappa shape index (κ1) is 8.55. The number of fused-ring (bicyclic) bond motifs is 1. The van der Waals surface area contributed by atoms with Gasteiger partial charge in [0.2, 0.25) is 0 Å². The second-order valence-electron chi connectivity index (χ2n) is 2.85. The van der Waals surface area contributed by atoms with Crippen molar-refractivity contribution in [1.82, 2.24) is 4.98 Å². The highest BCUT2D eigenvalue weighted by Crippen LogP contribution is 2.02. The number of pyridine rings is 1. The van der Waals surface area contributed by atoms with Gasteiger partial charge in [0.1, 0.15) is 0 Å². The first-order chi connectivity index (χ1) is 6.68. The third-order valence-corrected chi connectivity index (χ3v) is 1.91. The van der Waals surface area contributed by atoms with Crippen molar-refractivity contribution in [2.75, 3.05) is 0 Å². The second kappa shape index (κ2) is 3.02. The van der Waals surface area contributed by atoms with Crippen LogP contribution in [0, 0.1) is 5.92 Å². The molecule has 1 unspecified atom stereocenters. The van der Waals surface area contributed by atoms with E-state index >= 15 is 0 Å². The van der Waals surface area contributed by atoms with Gasteiger partial charge in [-0.2, -0.15) is 4.99 Å². The van der Waals surface area contributed by atoms with Gasteiger partial charge in [-0.15, -0.1) is 0 Å². The van der Waals surface area contributed by atoms with E-state index in [4.69, 9.17) is 5.11 Å². The number of hydrogen-bond acceptors (Lipinski definition) is 3. The van der Waals surface area contributed by atoms with Gasteiger partial charge in [0.25, 0.3) is 5.91 Å². The minimum atomic E-state index is -1.19. The summed E-state index contributed by atoms with van der Waals surface area (Å²) in [5.74, 6) is -3.04. The molecule has 0 aromatic carbocycles. The zero-order chi connectivity index (χ0) is 10.1. The van der Waals surface area contributed by atoms with Crippen molar-refractivity contribution >= 4 is 18.0 Å². The fourth-order valence-electron chi connectivity index (χ4n) is 1.23. The van der Waals surface area contributed by atoms with Gasteiger partial charge in [0, 0.05) is 11.4 Å². The van der Waals surface area contributed by atoms with E-state index < -0.39 is 17.8 Å². The minimum Gasteiger partial charge on any atom is -0.480 e. The van der Waals surface area contributed by atoms with E-state index in [1.165, 1.54) is 12.3 Å². The molecule has 0 radical (unpaired) electrons. The van der Waals surface area contributed by atoms with Crippen LogP contribution in [0.15, 0.2) is 23.3 Å². The number of aromatic nitrogens is 1. The van der Waals surface area contributed by atoms with Crippen molar-refractivity contribution in [1.29, 1.82) is 0 Å². The summed E-state index contributed by atoms with van der Waals surface area (Å²) >= 11 is 0. The molecule has 2 rings (SSSR count). The lowest BCUT2D eigenvalue weighted by atomic mass is 10.1. The molecule has 5 heteroatoms. The Kier molecular flexibility index (Phi) is 1.85. The van der Waals surface area contributed by atoms with Crippen LogP contribution < -0.4 is 10.7 Å². The molecule has 1 aromatic heterocycles. The molecule has 0 saturated carbocycles. The van der Waals surface area contributed by atoms with Crippen LogP contribution in [0.2, 0.25) is 0 Å². The van der Waals surface area contributed by atoms with E-state index in [9.17, 15) is 9.59 Å². The van der Waals surface area contributed by atoms with Crippen molar-refractivity contribution in [2.24, 2.45) is 10.9 Å². The predicted octanol–water partition coefficient (Wildman–Crippen LogP) is -1.28. The lowest BCUT2D eigenvalue weighted by Gasteiger charge is -2.05. The van der Waals surface area contributed by atoms with E-state index in [1.807, 2.05) is 0 Å². The summed E-state index contributed by atoms with van der Waals surface area (Å²) in [4.78, 5) is 29.3. The lowest BCUT2D eigenvalue weighted by molar-refractivity contribution is -0.143. The molecular weight excluding hydrogens is 184 g/mol. The van der Waals surface area contributed by atoms with Crippen LogP contribution >= 0.6 is 0 Å². The summed E-state index contributed by atoms with van der Waals surface area (Å²) in [6.07, 6.45) is 2.87. The highest BCUT2D eigenvalue weighted by molar-refractivity contribution is 6.03. The SMILES string of the molecule is O=C(O)C1C=c2cccnc2=NC1=O. The van der Waals surface area contributed by atoms with Gasteiger partial charge in [0.15, 0.2) is 11.4 Å². The number of rotatable bonds is 1. The number of carboxylic acids is 1. The maximum atomic E-state index is 11.2. The van der Waals surface area contributed by atoms with Crippen LogP contribution in [0.25, 0.3) is 6.08 Å². The van der Waals surface area contributed by atoms with E-state index in [2.05, 4.69) is 9.98 Å². The van der Waals surface area contributed by atoms with E-state index in [0.29, 0.717) is 5.22 Å². The van der Waals surface area contributed by atoms with Gasteiger partial charge >= 0.3 is 5.97 Å². The molecule has 70 valence electrons. The molecule has 0 spiro atoms. The highest BCUT2D eigenvalue weighted by atomic mass is 16.4. The third-order valence-electron chi connectivity index (χ3n) is 1.91. The van der Waals surface area contributed by atoms with Crippen LogP contribution in [0.4, 0.5) is 0 Å². The van der Waals surface area contributed by atoms with Gasteiger partial charge in [-0.1, -0.05) is 0 Å². The Hall–Kier alpha value is -2.04. The number of carbonyl (C=O) groups excluding carboxylic acids is 1. The molecule has 1 atom stereocenters. The van der Waals surface area contributed by atoms with E-state index in [1.54, 1.807) is 12.1 Å². The van der Waals surface area contributed by atoms with Crippen LogP contribution in [-0.4, -0.2) is 22.0 Å². The Bertz CT molecular complexity index is 521. The van der Waals surface area contributed by atoms with Crippen molar-refractivity contribution in [3.8, 4) is 0 Å². The molecule has 0 fully saturated rings. The predicted molar refractivity (Wildman–Crippen MR) is 45.6 cm³/mol. The maximum Gasteiger partial charge on any atom is 0.320 e. The second-order valence-corrected chi connectivity index (χ2v) is 2.85. The smallest absolute Gasteiger partial charge is 0.320 e. The van der Waals surface area contributed by atoms with Gasteiger partial charge in [-0.05, 0) is 18.2 Å². The standard InChI is InChI=1S/C9H6N2O3/c12-8-6(9(13)14)4-5-2-1-3-10-7(5)11-8/h1-4,6H,(H,13,14). The summed E-state index contributed by atoms with van der Waals surface area (Å²) in [5, 5.41) is 9.28. The molecule has 1 aliphatic rings. The number of carbonyl (C=O) groups is 2. The molecule has 14 heavy (non-hydrogen) atoms. The molecule has 1 N–H and O–H groups in total. The number of amides is 1. The summed E-state index contributed by atoms with van der Waals surface area (Å²) in [5.41, 5.74) is 0.287. The van der Waals surface area contributed by atoms with Crippen molar-refractivity contribution < 1.29 is 14.7 Å². The van der Waals surface area contributed by atoms with Crippen LogP contribution in [0.3, 0.4) is 0 Å².